The van der Waals surface area contributed by atoms with E-state index in [0.29, 0.717) is 16.3 Å². The standard InChI is InChI=1S/C14H13BrClNO3S/c1-17-12-5-2-8(15)6-11(12)14(18)10-4-3-9(16)7-13(10)21(17,19)20/h2-7,10,13-14,18H,1H3. The van der Waals surface area contributed by atoms with Gasteiger partial charge in [-0.25, -0.2) is 8.42 Å². The van der Waals surface area contributed by atoms with Crippen LogP contribution in [-0.2, 0) is 10.0 Å². The summed E-state index contributed by atoms with van der Waals surface area (Å²) < 4.78 is 27.6. The Balaban J connectivity index is 2.26. The molecule has 1 N–H and O–H groups in total. The highest BCUT2D eigenvalue weighted by atomic mass is 79.9. The lowest BCUT2D eigenvalue weighted by molar-refractivity contribution is 0.134. The zero-order valence-corrected chi connectivity index (χ0v) is 14.2. The van der Waals surface area contributed by atoms with E-state index in [1.807, 2.05) is 0 Å². The van der Waals surface area contributed by atoms with Crippen molar-refractivity contribution in [3.05, 3.63) is 51.5 Å². The molecule has 1 heterocycles. The van der Waals surface area contributed by atoms with E-state index in [9.17, 15) is 13.5 Å². The van der Waals surface area contributed by atoms with E-state index in [0.717, 1.165) is 4.47 Å². The zero-order valence-electron chi connectivity index (χ0n) is 11.1. The lowest BCUT2D eigenvalue weighted by Gasteiger charge is -2.27. The number of fused-ring (bicyclic) bond motifs is 2. The minimum Gasteiger partial charge on any atom is -0.388 e. The molecule has 0 bridgehead atoms. The smallest absolute Gasteiger partial charge is 0.242 e. The van der Waals surface area contributed by atoms with Gasteiger partial charge in [-0.05, 0) is 30.4 Å². The van der Waals surface area contributed by atoms with Crippen molar-refractivity contribution in [2.45, 2.75) is 11.4 Å². The molecule has 0 saturated carbocycles. The molecule has 1 aliphatic heterocycles. The van der Waals surface area contributed by atoms with Crippen molar-refractivity contribution in [3.63, 3.8) is 0 Å². The van der Waals surface area contributed by atoms with Gasteiger partial charge in [0.2, 0.25) is 10.0 Å². The van der Waals surface area contributed by atoms with Gasteiger partial charge < -0.3 is 5.11 Å². The molecule has 1 aromatic rings. The molecule has 0 saturated heterocycles. The Morgan fingerprint density at radius 2 is 2.10 bits per heavy atom. The van der Waals surface area contributed by atoms with Crippen molar-refractivity contribution in [2.24, 2.45) is 5.92 Å². The van der Waals surface area contributed by atoms with Crippen molar-refractivity contribution in [2.75, 3.05) is 11.4 Å². The molecule has 0 aromatic heterocycles. The molecular weight excluding hydrogens is 378 g/mol. The average molecular weight is 391 g/mol. The first kappa shape index (κ1) is 15.1. The molecule has 21 heavy (non-hydrogen) atoms. The van der Waals surface area contributed by atoms with Gasteiger partial charge in [-0.15, -0.1) is 0 Å². The van der Waals surface area contributed by atoms with Crippen LogP contribution in [0.5, 0.6) is 0 Å². The second-order valence-electron chi connectivity index (χ2n) is 5.11. The molecule has 3 atom stereocenters. The second-order valence-corrected chi connectivity index (χ2v) is 8.59. The van der Waals surface area contributed by atoms with Gasteiger partial charge in [0.1, 0.15) is 5.25 Å². The molecule has 112 valence electrons. The highest BCUT2D eigenvalue weighted by molar-refractivity contribution is 9.10. The number of halogens is 2. The van der Waals surface area contributed by atoms with E-state index < -0.39 is 27.3 Å². The second kappa shape index (κ2) is 5.12. The van der Waals surface area contributed by atoms with Crippen LogP contribution in [0, 0.1) is 5.92 Å². The summed E-state index contributed by atoms with van der Waals surface area (Å²) in [7, 11) is -2.15. The Bertz CT molecular complexity index is 759. The van der Waals surface area contributed by atoms with E-state index in [1.54, 1.807) is 30.4 Å². The lowest BCUT2D eigenvalue weighted by atomic mass is 9.89. The number of allylic oxidation sites excluding steroid dienone is 2. The molecule has 1 aliphatic carbocycles. The number of hydrogen-bond donors (Lipinski definition) is 1. The van der Waals surface area contributed by atoms with Crippen LogP contribution < -0.4 is 4.31 Å². The lowest BCUT2D eigenvalue weighted by Crippen LogP contribution is -2.38. The quantitative estimate of drug-likeness (QED) is 0.741. The number of nitrogens with zero attached hydrogens (tertiary/aromatic N) is 1. The summed E-state index contributed by atoms with van der Waals surface area (Å²) in [6.45, 7) is 0. The molecule has 3 rings (SSSR count). The summed E-state index contributed by atoms with van der Waals surface area (Å²) >= 11 is 9.31. The van der Waals surface area contributed by atoms with E-state index in [1.165, 1.54) is 17.4 Å². The molecule has 2 aliphatic rings. The van der Waals surface area contributed by atoms with Gasteiger partial charge in [-0.1, -0.05) is 33.6 Å². The van der Waals surface area contributed by atoms with Crippen LogP contribution in [0.15, 0.2) is 45.9 Å². The van der Waals surface area contributed by atoms with Gasteiger partial charge in [0, 0.05) is 28.0 Å². The van der Waals surface area contributed by atoms with Crippen LogP contribution in [-0.4, -0.2) is 25.8 Å². The fourth-order valence-corrected chi connectivity index (χ4v) is 5.20. The Hall–Kier alpha value is -0.820. The minimum absolute atomic E-state index is 0.368. The van der Waals surface area contributed by atoms with E-state index in [4.69, 9.17) is 11.6 Å². The number of hydrogen-bond acceptors (Lipinski definition) is 3. The molecular formula is C14H13BrClNO3S. The maximum absolute atomic E-state index is 12.8. The van der Waals surface area contributed by atoms with Crippen LogP contribution in [0.25, 0.3) is 0 Å². The maximum atomic E-state index is 12.8. The number of aliphatic hydroxyl groups excluding tert-OH is 1. The monoisotopic (exact) mass is 389 g/mol. The van der Waals surface area contributed by atoms with Gasteiger partial charge in [0.25, 0.3) is 0 Å². The fraction of sp³-hybridized carbons (Fsp3) is 0.286. The number of aliphatic hydroxyl groups is 1. The highest BCUT2D eigenvalue weighted by Gasteiger charge is 2.43. The van der Waals surface area contributed by atoms with E-state index in [-0.39, 0.29) is 0 Å². The van der Waals surface area contributed by atoms with Gasteiger partial charge in [0.05, 0.1) is 11.8 Å². The topological polar surface area (TPSA) is 57.6 Å². The fourth-order valence-electron chi connectivity index (χ4n) is 2.78. The largest absolute Gasteiger partial charge is 0.388 e. The Kier molecular flexibility index (Phi) is 3.68. The van der Waals surface area contributed by atoms with E-state index in [2.05, 4.69) is 15.9 Å². The minimum atomic E-state index is -3.64. The first-order valence-corrected chi connectivity index (χ1v) is 9.00. The summed E-state index contributed by atoms with van der Waals surface area (Å²) in [6.07, 6.45) is 3.87. The summed E-state index contributed by atoms with van der Waals surface area (Å²) in [6, 6.07) is 5.19. The molecule has 4 nitrogen and oxygen atoms in total. The molecule has 0 amide bonds. The average Bonchev–Trinajstić information content (AvgIpc) is 2.50. The molecule has 3 unspecified atom stereocenters. The van der Waals surface area contributed by atoms with Crippen LogP contribution >= 0.6 is 27.5 Å². The SMILES string of the molecule is CN1c2ccc(Br)cc2C(O)C2C=CC(Cl)=CC2S1(=O)=O. The Morgan fingerprint density at radius 3 is 2.81 bits per heavy atom. The normalized spacial score (nSPS) is 30.2. The highest BCUT2D eigenvalue weighted by Crippen LogP contribution is 2.43. The van der Waals surface area contributed by atoms with Gasteiger partial charge in [-0.2, -0.15) is 0 Å². The molecule has 7 heteroatoms. The van der Waals surface area contributed by atoms with Crippen molar-refractivity contribution in [1.82, 2.24) is 0 Å². The molecule has 0 fully saturated rings. The third kappa shape index (κ3) is 2.34. The van der Waals surface area contributed by atoms with Crippen LogP contribution in [0.1, 0.15) is 11.7 Å². The predicted octanol–water partition coefficient (Wildman–Crippen LogP) is 2.94. The third-order valence-electron chi connectivity index (χ3n) is 3.92. The Labute approximate surface area is 136 Å². The zero-order chi connectivity index (χ0) is 15.4. The number of rotatable bonds is 0. The summed E-state index contributed by atoms with van der Waals surface area (Å²) in [5, 5.41) is 10.2. The van der Waals surface area contributed by atoms with Crippen molar-refractivity contribution in [1.29, 1.82) is 0 Å². The predicted molar refractivity (Wildman–Crippen MR) is 86.8 cm³/mol. The van der Waals surface area contributed by atoms with Gasteiger partial charge in [-0.3, -0.25) is 4.31 Å². The van der Waals surface area contributed by atoms with E-state index >= 15 is 0 Å². The molecule has 0 spiro atoms. The number of anilines is 1. The van der Waals surface area contributed by atoms with Crippen LogP contribution in [0.2, 0.25) is 0 Å². The van der Waals surface area contributed by atoms with Gasteiger partial charge >= 0.3 is 0 Å². The van der Waals surface area contributed by atoms with Gasteiger partial charge in [0.15, 0.2) is 0 Å². The van der Waals surface area contributed by atoms with Crippen LogP contribution in [0.3, 0.4) is 0 Å². The molecule has 1 aromatic carbocycles. The summed E-state index contributed by atoms with van der Waals surface area (Å²) in [4.78, 5) is 0. The first-order valence-electron chi connectivity index (χ1n) is 6.33. The van der Waals surface area contributed by atoms with Crippen molar-refractivity contribution in [3.8, 4) is 0 Å². The van der Waals surface area contributed by atoms with Crippen LogP contribution in [0.4, 0.5) is 5.69 Å². The molecule has 0 radical (unpaired) electrons. The first-order chi connectivity index (χ1) is 9.82. The third-order valence-corrected chi connectivity index (χ3v) is 6.76. The van der Waals surface area contributed by atoms with Crippen molar-refractivity contribution >= 4 is 43.2 Å². The number of benzene rings is 1. The maximum Gasteiger partial charge on any atom is 0.242 e. The summed E-state index contributed by atoms with van der Waals surface area (Å²) in [5.41, 5.74) is 1.07. The summed E-state index contributed by atoms with van der Waals surface area (Å²) in [5.74, 6) is -0.560. The Morgan fingerprint density at radius 1 is 1.38 bits per heavy atom. The number of sulfonamides is 1. The van der Waals surface area contributed by atoms with Crippen molar-refractivity contribution < 1.29 is 13.5 Å².